The average Bonchev–Trinajstić information content (AvgIpc) is 3.67. The number of carbonyl (C=O) groups is 3. The standard InChI is InChI=1S/C27H27ClN10O7S2/c1-10-13-7-15(40)14(39)6-11(13)4-5-37(10)8-12-9-46-24-18(23(42)38(24)19(12)21-32-35-36-33-21)30-22(41)17(16-20(28)47-26(29)31-16)34-45-27(2,3)25(43)44/h4-7,10,18,24,39-40H,8-9H2,1-3H3,(H2,29,31)(H,30,41)(H,43,44)(H,32,33,35,36)/b34-17-/t10?,18-,24-/m1/s1. The highest BCUT2D eigenvalue weighted by molar-refractivity contribution is 8.00. The number of β-lactam (4-membered cyclic amide) rings is 1. The number of thiazole rings is 1. The maximum absolute atomic E-state index is 13.7. The number of H-pyrrole nitrogens is 1. The minimum atomic E-state index is -1.80. The zero-order valence-electron chi connectivity index (χ0n) is 24.8. The third kappa shape index (κ3) is 5.80. The van der Waals surface area contributed by atoms with Gasteiger partial charge >= 0.3 is 5.97 Å². The first-order valence-corrected chi connectivity index (χ1v) is 16.1. The van der Waals surface area contributed by atoms with E-state index in [4.69, 9.17) is 22.2 Å². The number of phenols is 2. The number of hydrogen-bond acceptors (Lipinski definition) is 15. The molecule has 1 saturated heterocycles. The summed E-state index contributed by atoms with van der Waals surface area (Å²) in [6.07, 6.45) is 3.69. The summed E-state index contributed by atoms with van der Waals surface area (Å²) in [5.74, 6) is -2.49. The number of nitrogens with two attached hydrogens (primary N) is 1. The van der Waals surface area contributed by atoms with Crippen molar-refractivity contribution in [3.8, 4) is 11.5 Å². The minimum absolute atomic E-state index is 0.0179. The SMILES string of the molecule is CC1c2cc(O)c(O)cc2C=CN1CC1=C(c2nn[nH]n2)N2C(=O)[C@@H](NC(=O)/C(=N\OC(C)(C)C(=O)O)c3nc(N)sc3Cl)[C@H]2SC1. The van der Waals surface area contributed by atoms with Crippen LogP contribution in [0.5, 0.6) is 11.5 Å². The molecular formula is C27H27ClN10O7S2. The molecule has 0 aliphatic carbocycles. The lowest BCUT2D eigenvalue weighted by atomic mass is 9.95. The highest BCUT2D eigenvalue weighted by Crippen LogP contribution is 2.45. The summed E-state index contributed by atoms with van der Waals surface area (Å²) in [4.78, 5) is 51.5. The molecule has 17 nitrogen and oxygen atoms in total. The highest BCUT2D eigenvalue weighted by Gasteiger charge is 2.54. The number of aromatic amines is 1. The van der Waals surface area contributed by atoms with Crippen LogP contribution in [0.1, 0.15) is 49.5 Å². The van der Waals surface area contributed by atoms with Gasteiger partial charge in [0.05, 0.1) is 11.7 Å². The van der Waals surface area contributed by atoms with E-state index in [0.29, 0.717) is 18.0 Å². The van der Waals surface area contributed by atoms with Crippen molar-refractivity contribution in [2.24, 2.45) is 5.16 Å². The number of fused-ring (bicyclic) bond motifs is 2. The Balaban J connectivity index is 1.26. The van der Waals surface area contributed by atoms with E-state index >= 15 is 0 Å². The van der Waals surface area contributed by atoms with Crippen molar-refractivity contribution in [1.82, 2.24) is 40.7 Å². The van der Waals surface area contributed by atoms with E-state index in [1.54, 1.807) is 0 Å². The van der Waals surface area contributed by atoms with E-state index in [0.717, 1.165) is 28.0 Å². The number of nitrogens with zero attached hydrogens (tertiary/aromatic N) is 7. The molecule has 6 rings (SSSR count). The molecule has 246 valence electrons. The molecule has 0 saturated carbocycles. The molecular weight excluding hydrogens is 676 g/mol. The second kappa shape index (κ2) is 12.0. The summed E-state index contributed by atoms with van der Waals surface area (Å²) < 4.78 is 0.0179. The summed E-state index contributed by atoms with van der Waals surface area (Å²) >= 11 is 8.54. The first kappa shape index (κ1) is 32.1. The molecule has 0 radical (unpaired) electrons. The van der Waals surface area contributed by atoms with Crippen LogP contribution in [0, 0.1) is 0 Å². The maximum atomic E-state index is 13.7. The fourth-order valence-electron chi connectivity index (χ4n) is 5.15. The monoisotopic (exact) mass is 702 g/mol. The number of aromatic nitrogens is 5. The zero-order valence-corrected chi connectivity index (χ0v) is 27.2. The van der Waals surface area contributed by atoms with E-state index < -0.39 is 40.5 Å². The summed E-state index contributed by atoms with van der Waals surface area (Å²) in [5, 5.41) is 49.7. The lowest BCUT2D eigenvalue weighted by molar-refractivity contribution is -0.161. The van der Waals surface area contributed by atoms with E-state index in [2.05, 4.69) is 36.1 Å². The number of benzene rings is 1. The van der Waals surface area contributed by atoms with Crippen molar-refractivity contribution in [3.63, 3.8) is 0 Å². The van der Waals surface area contributed by atoms with Crippen LogP contribution in [-0.2, 0) is 19.2 Å². The molecule has 3 aliphatic rings. The number of anilines is 1. The van der Waals surface area contributed by atoms with Gasteiger partial charge in [0.1, 0.15) is 21.4 Å². The zero-order chi connectivity index (χ0) is 33.8. The quantitative estimate of drug-likeness (QED) is 0.0805. The van der Waals surface area contributed by atoms with Crippen LogP contribution in [0.15, 0.2) is 29.1 Å². The number of rotatable bonds is 9. The molecule has 2 aromatic heterocycles. The first-order chi connectivity index (χ1) is 22.3. The molecule has 3 aliphatic heterocycles. The number of phenolic OH excluding ortho intramolecular Hbond substituents is 2. The first-order valence-electron chi connectivity index (χ1n) is 13.9. The molecule has 3 aromatic rings. The van der Waals surface area contributed by atoms with Gasteiger partial charge in [-0.2, -0.15) is 5.21 Å². The van der Waals surface area contributed by atoms with E-state index in [1.807, 2.05) is 24.1 Å². The van der Waals surface area contributed by atoms with Gasteiger partial charge in [0.25, 0.3) is 11.8 Å². The Morgan fingerprint density at radius 3 is 2.70 bits per heavy atom. The Morgan fingerprint density at radius 1 is 1.30 bits per heavy atom. The molecule has 3 atom stereocenters. The number of nitrogen functional groups attached to an aromatic ring is 1. The van der Waals surface area contributed by atoms with Gasteiger partial charge in [-0.25, -0.2) is 9.78 Å². The van der Waals surface area contributed by atoms with Crippen molar-refractivity contribution >= 4 is 75.1 Å². The molecule has 1 unspecified atom stereocenters. The average molecular weight is 703 g/mol. The Morgan fingerprint density at radius 2 is 2.04 bits per heavy atom. The number of carbonyl (C=O) groups excluding carboxylic acids is 2. The van der Waals surface area contributed by atoms with E-state index in [-0.39, 0.29) is 38.5 Å². The van der Waals surface area contributed by atoms with Crippen LogP contribution in [0.3, 0.4) is 0 Å². The number of thioether (sulfide) groups is 1. The van der Waals surface area contributed by atoms with Crippen molar-refractivity contribution in [3.05, 3.63) is 50.9 Å². The third-order valence-electron chi connectivity index (χ3n) is 7.76. The van der Waals surface area contributed by atoms with Crippen molar-refractivity contribution in [2.75, 3.05) is 18.0 Å². The van der Waals surface area contributed by atoms with Gasteiger partial charge in [-0.15, -0.1) is 22.0 Å². The van der Waals surface area contributed by atoms with Gasteiger partial charge < -0.3 is 36.1 Å². The summed E-state index contributed by atoms with van der Waals surface area (Å²) in [6.45, 7) is 4.80. The topological polar surface area (TPSA) is 245 Å². The molecule has 47 heavy (non-hydrogen) atoms. The van der Waals surface area contributed by atoms with E-state index in [1.165, 1.54) is 42.6 Å². The van der Waals surface area contributed by atoms with Crippen LogP contribution in [-0.4, -0.2) is 104 Å². The Bertz CT molecular complexity index is 1880. The number of carboxylic acid groups (broad SMARTS) is 1. The van der Waals surface area contributed by atoms with Crippen LogP contribution < -0.4 is 11.1 Å². The van der Waals surface area contributed by atoms with Crippen LogP contribution in [0.2, 0.25) is 4.34 Å². The van der Waals surface area contributed by atoms with Crippen LogP contribution >= 0.6 is 34.7 Å². The number of nitrogens with one attached hydrogen (secondary N) is 2. The second-order valence-corrected chi connectivity index (χ2v) is 13.9. The predicted octanol–water partition coefficient (Wildman–Crippen LogP) is 1.75. The smallest absolute Gasteiger partial charge is 0.350 e. The van der Waals surface area contributed by atoms with Crippen molar-refractivity contribution in [1.29, 1.82) is 0 Å². The van der Waals surface area contributed by atoms with Gasteiger partial charge in [-0.05, 0) is 60.9 Å². The molecule has 1 aromatic carbocycles. The molecule has 5 heterocycles. The highest BCUT2D eigenvalue weighted by atomic mass is 35.5. The lowest BCUT2D eigenvalue weighted by Crippen LogP contribution is -2.70. The predicted molar refractivity (Wildman–Crippen MR) is 171 cm³/mol. The second-order valence-electron chi connectivity index (χ2n) is 11.2. The number of halogens is 1. The number of oxime groups is 1. The summed E-state index contributed by atoms with van der Waals surface area (Å²) in [6, 6.07) is 1.82. The summed E-state index contributed by atoms with van der Waals surface area (Å²) in [7, 11) is 0. The van der Waals surface area contributed by atoms with E-state index in [9.17, 15) is 29.7 Å². The number of carboxylic acids is 1. The number of aliphatic carboxylic acids is 1. The number of amides is 2. The van der Waals surface area contributed by atoms with Gasteiger partial charge in [-0.1, -0.05) is 28.1 Å². The molecule has 20 heteroatoms. The third-order valence-corrected chi connectivity index (χ3v) is 10.2. The molecule has 7 N–H and O–H groups in total. The molecule has 0 spiro atoms. The number of tetrazole rings is 1. The Labute approximate surface area is 279 Å². The van der Waals surface area contributed by atoms with Crippen LogP contribution in [0.25, 0.3) is 11.8 Å². The van der Waals surface area contributed by atoms with Gasteiger partial charge in [0, 0.05) is 18.5 Å². The Hall–Kier alpha value is -4.88. The molecule has 2 amide bonds. The minimum Gasteiger partial charge on any atom is -0.504 e. The van der Waals surface area contributed by atoms with Gasteiger partial charge in [-0.3, -0.25) is 14.5 Å². The largest absolute Gasteiger partial charge is 0.504 e. The van der Waals surface area contributed by atoms with Gasteiger partial charge in [0.15, 0.2) is 22.3 Å². The summed E-state index contributed by atoms with van der Waals surface area (Å²) in [5.41, 5.74) is 6.21. The number of hydrogen-bond donors (Lipinski definition) is 6. The number of aromatic hydroxyl groups is 2. The Kier molecular flexibility index (Phi) is 8.22. The van der Waals surface area contributed by atoms with Crippen molar-refractivity contribution in [2.45, 2.75) is 43.8 Å². The fourth-order valence-corrected chi connectivity index (χ4v) is 7.42. The molecule has 0 bridgehead atoms. The van der Waals surface area contributed by atoms with Crippen LogP contribution in [0.4, 0.5) is 5.13 Å². The van der Waals surface area contributed by atoms with Crippen molar-refractivity contribution < 1.29 is 34.5 Å². The normalized spacial score (nSPS) is 20.9. The van der Waals surface area contributed by atoms with Gasteiger partial charge in [0.2, 0.25) is 11.4 Å². The molecule has 1 fully saturated rings. The fraction of sp³-hybridized carbons (Fsp3) is 0.333. The lowest BCUT2D eigenvalue weighted by Gasteiger charge is -2.50. The maximum Gasteiger partial charge on any atom is 0.350 e.